The zero-order valence-electron chi connectivity index (χ0n) is 11.9. The number of likely N-dealkylation sites (tertiary alicyclic amines) is 1. The summed E-state index contributed by atoms with van der Waals surface area (Å²) in [6.45, 7) is 2.48. The molecule has 1 aliphatic heterocycles. The first-order chi connectivity index (χ1) is 9.61. The highest BCUT2D eigenvalue weighted by atomic mass is 16.5. The third-order valence-electron chi connectivity index (χ3n) is 3.84. The maximum absolute atomic E-state index is 12.4. The Bertz CT molecular complexity index is 475. The first kappa shape index (κ1) is 14.5. The largest absolute Gasteiger partial charge is 0.469 e. The number of esters is 1. The van der Waals surface area contributed by atoms with Crippen LogP contribution in [0.15, 0.2) is 24.5 Å². The summed E-state index contributed by atoms with van der Waals surface area (Å²) in [5, 5.41) is 0. The molecule has 1 saturated heterocycles. The molecule has 2 heterocycles. The molecule has 1 aromatic heterocycles. The standard InChI is InChI=1S/C15H20N2O3/c1-11-3-4-13(15(19)20-2)10-17(11)14(18)9-12-5-7-16-8-6-12/h5-8,11,13H,3-4,9-10H2,1-2H3/t11-,13+/m0/s1. The molecule has 2 atom stereocenters. The highest BCUT2D eigenvalue weighted by Gasteiger charge is 2.32. The minimum atomic E-state index is -0.224. The van der Waals surface area contributed by atoms with Crippen molar-refractivity contribution in [3.8, 4) is 0 Å². The van der Waals surface area contributed by atoms with Crippen molar-refractivity contribution in [1.29, 1.82) is 0 Å². The zero-order chi connectivity index (χ0) is 14.5. The van der Waals surface area contributed by atoms with Gasteiger partial charge in [-0.3, -0.25) is 14.6 Å². The van der Waals surface area contributed by atoms with Crippen molar-refractivity contribution >= 4 is 11.9 Å². The van der Waals surface area contributed by atoms with Crippen LogP contribution in [-0.4, -0.2) is 41.5 Å². The van der Waals surface area contributed by atoms with Crippen molar-refractivity contribution in [2.75, 3.05) is 13.7 Å². The number of hydrogen-bond acceptors (Lipinski definition) is 4. The first-order valence-electron chi connectivity index (χ1n) is 6.88. The second-order valence-electron chi connectivity index (χ2n) is 5.22. The molecule has 0 N–H and O–H groups in total. The van der Waals surface area contributed by atoms with Crippen LogP contribution in [0.4, 0.5) is 0 Å². The molecule has 0 bridgehead atoms. The van der Waals surface area contributed by atoms with E-state index >= 15 is 0 Å². The molecule has 5 nitrogen and oxygen atoms in total. The minimum Gasteiger partial charge on any atom is -0.469 e. The third kappa shape index (κ3) is 3.35. The number of pyridine rings is 1. The predicted molar refractivity (Wildman–Crippen MR) is 73.9 cm³/mol. The molecule has 0 spiro atoms. The zero-order valence-corrected chi connectivity index (χ0v) is 11.9. The van der Waals surface area contributed by atoms with Crippen LogP contribution >= 0.6 is 0 Å². The number of rotatable bonds is 3. The van der Waals surface area contributed by atoms with Gasteiger partial charge >= 0.3 is 5.97 Å². The van der Waals surface area contributed by atoms with E-state index in [4.69, 9.17) is 4.74 Å². The van der Waals surface area contributed by atoms with E-state index in [0.29, 0.717) is 13.0 Å². The van der Waals surface area contributed by atoms with E-state index in [0.717, 1.165) is 18.4 Å². The molecule has 0 saturated carbocycles. The van der Waals surface area contributed by atoms with E-state index in [2.05, 4.69) is 4.98 Å². The van der Waals surface area contributed by atoms with Gasteiger partial charge in [-0.05, 0) is 37.5 Å². The molecule has 1 fully saturated rings. The van der Waals surface area contributed by atoms with Crippen LogP contribution in [0, 0.1) is 5.92 Å². The number of methoxy groups -OCH3 is 1. The Balaban J connectivity index is 2.01. The van der Waals surface area contributed by atoms with E-state index in [1.54, 1.807) is 17.3 Å². The van der Waals surface area contributed by atoms with Crippen LogP contribution in [0.25, 0.3) is 0 Å². The van der Waals surface area contributed by atoms with Gasteiger partial charge in [0, 0.05) is 25.0 Å². The minimum absolute atomic E-state index is 0.0531. The summed E-state index contributed by atoms with van der Waals surface area (Å²) in [4.78, 5) is 29.8. The summed E-state index contributed by atoms with van der Waals surface area (Å²) < 4.78 is 4.79. The fourth-order valence-electron chi connectivity index (χ4n) is 2.59. The number of carbonyl (C=O) groups excluding carboxylic acids is 2. The number of amides is 1. The molecule has 2 rings (SSSR count). The SMILES string of the molecule is COC(=O)[C@@H]1CC[C@H](C)N(C(=O)Cc2ccncc2)C1. The fourth-order valence-corrected chi connectivity index (χ4v) is 2.59. The Morgan fingerprint density at radius 3 is 2.70 bits per heavy atom. The normalized spacial score (nSPS) is 22.4. The fraction of sp³-hybridized carbons (Fsp3) is 0.533. The third-order valence-corrected chi connectivity index (χ3v) is 3.84. The first-order valence-corrected chi connectivity index (χ1v) is 6.88. The highest BCUT2D eigenvalue weighted by molar-refractivity contribution is 5.80. The van der Waals surface area contributed by atoms with Gasteiger partial charge in [0.15, 0.2) is 0 Å². The van der Waals surface area contributed by atoms with Gasteiger partial charge in [0.05, 0.1) is 19.4 Å². The second-order valence-corrected chi connectivity index (χ2v) is 5.22. The molecule has 0 aliphatic carbocycles. The van der Waals surface area contributed by atoms with Gasteiger partial charge < -0.3 is 9.64 Å². The summed E-state index contributed by atoms with van der Waals surface area (Å²) in [6, 6.07) is 3.85. The van der Waals surface area contributed by atoms with Gasteiger partial charge in [-0.15, -0.1) is 0 Å². The highest BCUT2D eigenvalue weighted by Crippen LogP contribution is 2.23. The van der Waals surface area contributed by atoms with Crippen molar-refractivity contribution in [1.82, 2.24) is 9.88 Å². The summed E-state index contributed by atoms with van der Waals surface area (Å²) >= 11 is 0. The van der Waals surface area contributed by atoms with Gasteiger partial charge in [0.2, 0.25) is 5.91 Å². The molecule has 1 amide bonds. The van der Waals surface area contributed by atoms with Crippen LogP contribution in [-0.2, 0) is 20.7 Å². The van der Waals surface area contributed by atoms with E-state index in [-0.39, 0.29) is 23.8 Å². The number of hydrogen-bond donors (Lipinski definition) is 0. The number of nitrogens with zero attached hydrogens (tertiary/aromatic N) is 2. The van der Waals surface area contributed by atoms with Crippen molar-refractivity contribution in [2.24, 2.45) is 5.92 Å². The smallest absolute Gasteiger partial charge is 0.310 e. The Hall–Kier alpha value is -1.91. The predicted octanol–water partition coefficient (Wildman–Crippen LogP) is 1.42. The molecule has 0 aromatic carbocycles. The van der Waals surface area contributed by atoms with Crippen LogP contribution in [0.5, 0.6) is 0 Å². The average molecular weight is 276 g/mol. The Kier molecular flexibility index (Phi) is 4.71. The second kappa shape index (κ2) is 6.50. The summed E-state index contributed by atoms with van der Waals surface area (Å²) in [7, 11) is 1.39. The number of aromatic nitrogens is 1. The topological polar surface area (TPSA) is 59.5 Å². The lowest BCUT2D eigenvalue weighted by molar-refractivity contribution is -0.150. The summed E-state index contributed by atoms with van der Waals surface area (Å²) in [5.41, 5.74) is 0.942. The van der Waals surface area contributed by atoms with Crippen LogP contribution in [0.2, 0.25) is 0 Å². The lowest BCUT2D eigenvalue weighted by atomic mass is 9.93. The van der Waals surface area contributed by atoms with E-state index in [9.17, 15) is 9.59 Å². The van der Waals surface area contributed by atoms with Crippen molar-refractivity contribution < 1.29 is 14.3 Å². The lowest BCUT2D eigenvalue weighted by Crippen LogP contribution is -2.48. The maximum Gasteiger partial charge on any atom is 0.310 e. The number of piperidine rings is 1. The summed E-state index contributed by atoms with van der Waals surface area (Å²) in [5.74, 6) is -0.367. The quantitative estimate of drug-likeness (QED) is 0.783. The molecule has 1 aromatic rings. The van der Waals surface area contributed by atoms with Gasteiger partial charge in [-0.25, -0.2) is 0 Å². The van der Waals surface area contributed by atoms with Crippen LogP contribution in [0.1, 0.15) is 25.3 Å². The summed E-state index contributed by atoms with van der Waals surface area (Å²) in [6.07, 6.45) is 5.33. The van der Waals surface area contributed by atoms with Crippen LogP contribution in [0.3, 0.4) is 0 Å². The van der Waals surface area contributed by atoms with E-state index in [1.165, 1.54) is 7.11 Å². The molecular formula is C15H20N2O3. The van der Waals surface area contributed by atoms with Gasteiger partial charge in [-0.2, -0.15) is 0 Å². The monoisotopic (exact) mass is 276 g/mol. The Labute approximate surface area is 118 Å². The Morgan fingerprint density at radius 1 is 1.35 bits per heavy atom. The molecular weight excluding hydrogens is 256 g/mol. The van der Waals surface area contributed by atoms with Crippen LogP contribution < -0.4 is 0 Å². The molecule has 0 unspecified atom stereocenters. The van der Waals surface area contributed by atoms with Gasteiger partial charge in [-0.1, -0.05) is 0 Å². The lowest BCUT2D eigenvalue weighted by Gasteiger charge is -2.37. The number of carbonyl (C=O) groups is 2. The van der Waals surface area contributed by atoms with E-state index in [1.807, 2.05) is 19.1 Å². The molecule has 108 valence electrons. The molecule has 5 heteroatoms. The van der Waals surface area contributed by atoms with Crippen molar-refractivity contribution in [2.45, 2.75) is 32.2 Å². The van der Waals surface area contributed by atoms with Gasteiger partial charge in [0.1, 0.15) is 0 Å². The Morgan fingerprint density at radius 2 is 2.05 bits per heavy atom. The van der Waals surface area contributed by atoms with E-state index < -0.39 is 0 Å². The maximum atomic E-state index is 12.4. The average Bonchev–Trinajstić information content (AvgIpc) is 2.48. The van der Waals surface area contributed by atoms with Crippen molar-refractivity contribution in [3.63, 3.8) is 0 Å². The molecule has 20 heavy (non-hydrogen) atoms. The molecule has 1 aliphatic rings. The van der Waals surface area contributed by atoms with Crippen molar-refractivity contribution in [3.05, 3.63) is 30.1 Å². The number of ether oxygens (including phenoxy) is 1. The molecule has 0 radical (unpaired) electrons. The van der Waals surface area contributed by atoms with Gasteiger partial charge in [0.25, 0.3) is 0 Å².